The number of azo groups is 1. The molecule has 0 fully saturated rings. The Kier molecular flexibility index (Phi) is 9.81. The van der Waals surface area contributed by atoms with Gasteiger partial charge in [0.25, 0.3) is 0 Å². The van der Waals surface area contributed by atoms with Crippen LogP contribution in [0, 0.1) is 39.0 Å². The maximum atomic E-state index is 10.5. The highest BCUT2D eigenvalue weighted by molar-refractivity contribution is 7.22. The smallest absolute Gasteiger partial charge is 0.213 e. The quantitative estimate of drug-likeness (QED) is 0.139. The van der Waals surface area contributed by atoms with E-state index in [1.807, 2.05) is 76.2 Å². The second-order valence-corrected chi connectivity index (χ2v) is 16.4. The summed E-state index contributed by atoms with van der Waals surface area (Å²) < 4.78 is 3.80. The van der Waals surface area contributed by atoms with E-state index in [0.29, 0.717) is 33.7 Å². The number of thiazole rings is 2. The van der Waals surface area contributed by atoms with Crippen molar-refractivity contribution in [3.05, 3.63) is 100 Å². The lowest BCUT2D eigenvalue weighted by atomic mass is 9.90. The van der Waals surface area contributed by atoms with Crippen LogP contribution in [0.3, 0.4) is 0 Å². The van der Waals surface area contributed by atoms with Gasteiger partial charge in [0.1, 0.15) is 23.1 Å². The van der Waals surface area contributed by atoms with Gasteiger partial charge in [-0.25, -0.2) is 15.0 Å². The Balaban J connectivity index is 1.41. The Labute approximate surface area is 317 Å². The normalized spacial score (nSPS) is 11.9. The van der Waals surface area contributed by atoms with Crippen LogP contribution in [0.1, 0.15) is 74.0 Å². The van der Waals surface area contributed by atoms with Crippen molar-refractivity contribution in [2.24, 2.45) is 10.2 Å². The van der Waals surface area contributed by atoms with Gasteiger partial charge in [-0.05, 0) is 81.1 Å². The number of fused-ring (bicyclic) bond motifs is 2. The van der Waals surface area contributed by atoms with E-state index >= 15 is 0 Å². The van der Waals surface area contributed by atoms with Crippen molar-refractivity contribution < 1.29 is 0 Å². The summed E-state index contributed by atoms with van der Waals surface area (Å²) in [6, 6.07) is 24.9. The van der Waals surface area contributed by atoms with E-state index in [1.165, 1.54) is 16.9 Å². The summed E-state index contributed by atoms with van der Waals surface area (Å²) in [6.45, 7) is 17.4. The molecule has 0 aliphatic heterocycles. The molecule has 0 aliphatic rings. The summed E-state index contributed by atoms with van der Waals surface area (Å²) in [7, 11) is 0. The largest absolute Gasteiger partial charge is 0.338 e. The van der Waals surface area contributed by atoms with E-state index in [4.69, 9.17) is 30.3 Å². The number of hydrogen-bond acceptors (Lipinski definition) is 11. The highest BCUT2D eigenvalue weighted by Gasteiger charge is 2.29. The lowest BCUT2D eigenvalue weighted by Gasteiger charge is -2.23. The standard InChI is InChI=1S/C41H42N10S2/c1-9-10-19-50(39-43-29-15-11-13-17-31(29)52-39)33-22-27(5)35(37(45-33)46-34-25(3)20-24(2)21-26(34)4)47-48-38-28(23-42)36(41(6,7)8)49-51(38)40-44-30-16-12-14-18-32(30)53-40/h11-18,20-22H,9-10,19H2,1-8H3,(H,45,46)/b48-47+. The summed E-state index contributed by atoms with van der Waals surface area (Å²) in [6.07, 6.45) is 2.00. The number of aryl methyl sites for hydroxylation is 4. The fraction of sp³-hybridized carbons (Fsp3) is 0.293. The monoisotopic (exact) mass is 738 g/mol. The van der Waals surface area contributed by atoms with Crippen LogP contribution in [-0.2, 0) is 5.41 Å². The highest BCUT2D eigenvalue weighted by Crippen LogP contribution is 2.41. The van der Waals surface area contributed by atoms with Crippen molar-refractivity contribution in [3.8, 4) is 11.2 Å². The molecular weight excluding hydrogens is 697 g/mol. The Morgan fingerprint density at radius 3 is 2.13 bits per heavy atom. The fourth-order valence-corrected chi connectivity index (χ4v) is 8.33. The van der Waals surface area contributed by atoms with Gasteiger partial charge in [-0.2, -0.15) is 15.0 Å². The third kappa shape index (κ3) is 7.14. The first-order valence-corrected chi connectivity index (χ1v) is 19.4. The predicted molar refractivity (Wildman–Crippen MR) is 219 cm³/mol. The lowest BCUT2D eigenvalue weighted by Crippen LogP contribution is -2.20. The maximum Gasteiger partial charge on any atom is 0.213 e. The molecular formula is C41H42N10S2. The molecule has 1 N–H and O–H groups in total. The van der Waals surface area contributed by atoms with Crippen molar-refractivity contribution in [2.75, 3.05) is 16.8 Å². The maximum absolute atomic E-state index is 10.5. The van der Waals surface area contributed by atoms with Crippen LogP contribution < -0.4 is 10.2 Å². The van der Waals surface area contributed by atoms with Crippen LogP contribution >= 0.6 is 22.7 Å². The van der Waals surface area contributed by atoms with Crippen LogP contribution in [-0.4, -0.2) is 31.3 Å². The van der Waals surface area contributed by atoms with Crippen molar-refractivity contribution >= 4 is 77.1 Å². The zero-order chi connectivity index (χ0) is 37.4. The third-order valence-corrected chi connectivity index (χ3v) is 11.1. The molecule has 0 saturated carbocycles. The second kappa shape index (κ2) is 14.5. The minimum Gasteiger partial charge on any atom is -0.338 e. The van der Waals surface area contributed by atoms with Gasteiger partial charge >= 0.3 is 0 Å². The molecule has 0 saturated heterocycles. The molecule has 0 radical (unpaired) electrons. The number of nitrogens with one attached hydrogen (secondary N) is 1. The number of para-hydroxylation sites is 2. The molecule has 268 valence electrons. The number of nitriles is 1. The molecule has 3 aromatic carbocycles. The topological polar surface area (TPSA) is 120 Å². The van der Waals surface area contributed by atoms with Crippen molar-refractivity contribution in [1.82, 2.24) is 24.7 Å². The number of aromatic nitrogens is 5. The zero-order valence-electron chi connectivity index (χ0n) is 31.3. The molecule has 0 bridgehead atoms. The molecule has 7 rings (SSSR count). The molecule has 0 spiro atoms. The second-order valence-electron chi connectivity index (χ2n) is 14.3. The van der Waals surface area contributed by atoms with E-state index in [-0.39, 0.29) is 0 Å². The van der Waals surface area contributed by atoms with Gasteiger partial charge in [0.15, 0.2) is 16.8 Å². The molecule has 12 heteroatoms. The lowest BCUT2D eigenvalue weighted by molar-refractivity contribution is 0.559. The molecule has 0 atom stereocenters. The number of benzene rings is 3. The van der Waals surface area contributed by atoms with E-state index in [0.717, 1.165) is 73.1 Å². The minimum atomic E-state index is -0.424. The van der Waals surface area contributed by atoms with Gasteiger partial charge in [0.05, 0.1) is 26.1 Å². The van der Waals surface area contributed by atoms with Crippen LogP contribution in [0.5, 0.6) is 0 Å². The molecule has 10 nitrogen and oxygen atoms in total. The molecule has 4 aromatic heterocycles. The molecule has 4 heterocycles. The van der Waals surface area contributed by atoms with Crippen molar-refractivity contribution in [1.29, 1.82) is 5.26 Å². The van der Waals surface area contributed by atoms with E-state index in [9.17, 15) is 5.26 Å². The van der Waals surface area contributed by atoms with Gasteiger partial charge in [0.2, 0.25) is 5.13 Å². The summed E-state index contributed by atoms with van der Waals surface area (Å²) in [5.41, 5.74) is 8.16. The molecule has 0 amide bonds. The van der Waals surface area contributed by atoms with Gasteiger partial charge < -0.3 is 10.2 Å². The fourth-order valence-electron chi connectivity index (χ4n) is 6.41. The number of anilines is 4. The third-order valence-electron chi connectivity index (χ3n) is 9.01. The number of rotatable bonds is 10. The van der Waals surface area contributed by atoms with Gasteiger partial charge in [0, 0.05) is 17.6 Å². The summed E-state index contributed by atoms with van der Waals surface area (Å²) >= 11 is 3.16. The van der Waals surface area contributed by atoms with Gasteiger partial charge in [-0.15, -0.1) is 10.2 Å². The van der Waals surface area contributed by atoms with Crippen molar-refractivity contribution in [2.45, 2.75) is 73.6 Å². The first-order chi connectivity index (χ1) is 25.4. The summed E-state index contributed by atoms with van der Waals surface area (Å²) in [5.74, 6) is 1.65. The first kappa shape index (κ1) is 35.9. The SMILES string of the molecule is CCCCN(c1cc(C)c(/N=N/c2c(C#N)c(C(C)(C)C)nn2-c2nc3ccccc3s2)c(Nc2c(C)cc(C)cc2C)n1)c1nc2ccccc2s1. The van der Waals surface area contributed by atoms with E-state index in [2.05, 4.69) is 62.2 Å². The van der Waals surface area contributed by atoms with Crippen LogP contribution in [0.2, 0.25) is 0 Å². The molecule has 0 aliphatic carbocycles. The van der Waals surface area contributed by atoms with E-state index in [1.54, 1.807) is 16.0 Å². The average Bonchev–Trinajstić information content (AvgIpc) is 3.84. The Hall–Kier alpha value is -5.51. The number of hydrogen-bond donors (Lipinski definition) is 1. The number of pyridine rings is 1. The highest BCUT2D eigenvalue weighted by atomic mass is 32.1. The Morgan fingerprint density at radius 1 is 0.849 bits per heavy atom. The zero-order valence-corrected chi connectivity index (χ0v) is 32.9. The van der Waals surface area contributed by atoms with Crippen LogP contribution in [0.15, 0.2) is 77.0 Å². The first-order valence-electron chi connectivity index (χ1n) is 17.8. The number of unbranched alkanes of at least 4 members (excludes halogenated alkanes) is 1. The van der Waals surface area contributed by atoms with Gasteiger partial charge in [-0.1, -0.05) is 98.8 Å². The molecule has 53 heavy (non-hydrogen) atoms. The summed E-state index contributed by atoms with van der Waals surface area (Å²) in [5, 5.41) is 30.3. The Bertz CT molecular complexity index is 2460. The van der Waals surface area contributed by atoms with Gasteiger partial charge in [-0.3, -0.25) is 0 Å². The Morgan fingerprint density at radius 2 is 1.51 bits per heavy atom. The average molecular weight is 739 g/mol. The van der Waals surface area contributed by atoms with Crippen molar-refractivity contribution in [3.63, 3.8) is 0 Å². The predicted octanol–water partition coefficient (Wildman–Crippen LogP) is 12.0. The van der Waals surface area contributed by atoms with Crippen LogP contribution in [0.4, 0.5) is 34.0 Å². The molecule has 7 aromatic rings. The van der Waals surface area contributed by atoms with Crippen LogP contribution in [0.25, 0.3) is 25.6 Å². The molecule has 0 unspecified atom stereocenters. The summed E-state index contributed by atoms with van der Waals surface area (Å²) in [4.78, 5) is 17.3. The minimum absolute atomic E-state index is 0.327. The number of nitrogens with zero attached hydrogens (tertiary/aromatic N) is 9. The van der Waals surface area contributed by atoms with E-state index < -0.39 is 5.41 Å².